The molecule has 0 aromatic heterocycles. The first-order chi connectivity index (χ1) is 13.0. The summed E-state index contributed by atoms with van der Waals surface area (Å²) in [6, 6.07) is 11.4. The monoisotopic (exact) mass is 388 g/mol. The Morgan fingerprint density at radius 3 is 2.63 bits per heavy atom. The molecule has 1 amide bonds. The van der Waals surface area contributed by atoms with Crippen molar-refractivity contribution in [2.45, 2.75) is 6.42 Å². The lowest BCUT2D eigenvalue weighted by molar-refractivity contribution is -0.117. The zero-order chi connectivity index (χ0) is 19.8. The van der Waals surface area contributed by atoms with Crippen LogP contribution in [0, 0.1) is 17.1 Å². The summed E-state index contributed by atoms with van der Waals surface area (Å²) in [4.78, 5) is 12.2. The first-order valence-electron chi connectivity index (χ1n) is 8.05. The Morgan fingerprint density at radius 1 is 1.26 bits per heavy atom. The number of amides is 1. The van der Waals surface area contributed by atoms with Gasteiger partial charge in [0.15, 0.2) is 11.5 Å². The molecule has 0 radical (unpaired) electrons. The van der Waals surface area contributed by atoms with Crippen LogP contribution in [0.2, 0.25) is 5.02 Å². The van der Waals surface area contributed by atoms with E-state index in [9.17, 15) is 14.4 Å². The molecule has 0 saturated carbocycles. The Labute approximate surface area is 162 Å². The number of carbonyl (C=O) groups is 1. The van der Waals surface area contributed by atoms with Crippen LogP contribution in [0.15, 0.2) is 42.0 Å². The Morgan fingerprint density at radius 2 is 2.00 bits per heavy atom. The third-order valence-corrected chi connectivity index (χ3v) is 4.13. The second kappa shape index (κ2) is 9.60. The van der Waals surface area contributed by atoms with E-state index in [2.05, 4.69) is 5.32 Å². The van der Waals surface area contributed by atoms with Crippen LogP contribution < -0.4 is 14.8 Å². The molecule has 0 aliphatic carbocycles. The van der Waals surface area contributed by atoms with E-state index in [4.69, 9.17) is 21.1 Å². The van der Waals surface area contributed by atoms with Crippen LogP contribution in [0.25, 0.3) is 6.08 Å². The number of nitrogens with one attached hydrogen (secondary N) is 1. The average Bonchev–Trinajstić information content (AvgIpc) is 2.67. The van der Waals surface area contributed by atoms with Crippen molar-refractivity contribution in [3.8, 4) is 17.6 Å². The lowest BCUT2D eigenvalue weighted by atomic mass is 10.1. The first kappa shape index (κ1) is 20.3. The Balaban J connectivity index is 2.04. The zero-order valence-electron chi connectivity index (χ0n) is 14.9. The molecule has 27 heavy (non-hydrogen) atoms. The van der Waals surface area contributed by atoms with E-state index in [-0.39, 0.29) is 16.2 Å². The fourth-order valence-corrected chi connectivity index (χ4v) is 2.61. The molecule has 2 rings (SSSR count). The van der Waals surface area contributed by atoms with E-state index in [1.54, 1.807) is 26.4 Å². The van der Waals surface area contributed by atoms with Crippen molar-refractivity contribution in [2.24, 2.45) is 0 Å². The number of hydrogen-bond donors (Lipinski definition) is 1. The van der Waals surface area contributed by atoms with Gasteiger partial charge in [0.2, 0.25) is 0 Å². The normalized spacial score (nSPS) is 10.9. The van der Waals surface area contributed by atoms with Gasteiger partial charge in [-0.1, -0.05) is 23.7 Å². The first-order valence-corrected chi connectivity index (χ1v) is 8.42. The van der Waals surface area contributed by atoms with Gasteiger partial charge in [0.25, 0.3) is 5.91 Å². The molecule has 0 atom stereocenters. The van der Waals surface area contributed by atoms with E-state index < -0.39 is 11.7 Å². The molecule has 0 aliphatic heterocycles. The number of carbonyl (C=O) groups excluding carboxylic acids is 1. The van der Waals surface area contributed by atoms with Crippen molar-refractivity contribution in [2.75, 3.05) is 20.8 Å². The quantitative estimate of drug-likeness (QED) is 0.579. The van der Waals surface area contributed by atoms with Crippen molar-refractivity contribution in [3.05, 3.63) is 63.9 Å². The second-order valence-electron chi connectivity index (χ2n) is 5.50. The lowest BCUT2D eigenvalue weighted by Gasteiger charge is -2.10. The number of benzene rings is 2. The van der Waals surface area contributed by atoms with Crippen LogP contribution in [0.3, 0.4) is 0 Å². The zero-order valence-corrected chi connectivity index (χ0v) is 15.6. The van der Waals surface area contributed by atoms with Crippen LogP contribution in [0.1, 0.15) is 11.1 Å². The molecule has 0 heterocycles. The van der Waals surface area contributed by atoms with E-state index in [1.807, 2.05) is 12.1 Å². The van der Waals surface area contributed by atoms with Crippen LogP contribution in [0.4, 0.5) is 4.39 Å². The summed E-state index contributed by atoms with van der Waals surface area (Å²) in [5.41, 5.74) is 0.702. The minimum Gasteiger partial charge on any atom is -0.493 e. The number of ether oxygens (including phenoxy) is 2. The average molecular weight is 389 g/mol. The van der Waals surface area contributed by atoms with Crippen molar-refractivity contribution >= 4 is 23.6 Å². The highest BCUT2D eigenvalue weighted by Gasteiger charge is 2.12. The highest BCUT2D eigenvalue weighted by molar-refractivity contribution is 6.32. The molecule has 5 nitrogen and oxygen atoms in total. The maximum Gasteiger partial charge on any atom is 0.261 e. The summed E-state index contributed by atoms with van der Waals surface area (Å²) >= 11 is 5.93. The van der Waals surface area contributed by atoms with Gasteiger partial charge in [-0.2, -0.15) is 5.26 Å². The molecule has 7 heteroatoms. The Kier molecular flexibility index (Phi) is 7.21. The van der Waals surface area contributed by atoms with Crippen molar-refractivity contribution < 1.29 is 18.7 Å². The van der Waals surface area contributed by atoms with Crippen molar-refractivity contribution in [3.63, 3.8) is 0 Å². The summed E-state index contributed by atoms with van der Waals surface area (Å²) in [6.07, 6.45) is 1.66. The van der Waals surface area contributed by atoms with E-state index in [1.165, 1.54) is 18.2 Å². The minimum atomic E-state index is -0.603. The molecule has 1 N–H and O–H groups in total. The van der Waals surface area contributed by atoms with Crippen LogP contribution in [0.5, 0.6) is 11.5 Å². The fourth-order valence-electron chi connectivity index (χ4n) is 2.39. The number of nitrogens with zero attached hydrogens (tertiary/aromatic N) is 1. The fraction of sp³-hybridized carbons (Fsp3) is 0.200. The minimum absolute atomic E-state index is 0.00533. The van der Waals surface area contributed by atoms with E-state index >= 15 is 0 Å². The number of hydrogen-bond acceptors (Lipinski definition) is 4. The van der Waals surface area contributed by atoms with Crippen molar-refractivity contribution in [1.82, 2.24) is 5.32 Å². The maximum atomic E-state index is 13.8. The van der Waals surface area contributed by atoms with Gasteiger partial charge in [-0.3, -0.25) is 4.79 Å². The molecule has 140 valence electrons. The smallest absolute Gasteiger partial charge is 0.261 e. The molecule has 0 aliphatic rings. The maximum absolute atomic E-state index is 13.8. The molecule has 2 aromatic carbocycles. The van der Waals surface area contributed by atoms with Gasteiger partial charge in [0.1, 0.15) is 17.5 Å². The second-order valence-corrected chi connectivity index (χ2v) is 5.91. The molecule has 0 bridgehead atoms. The third-order valence-electron chi connectivity index (χ3n) is 3.80. The topological polar surface area (TPSA) is 71.3 Å². The SMILES string of the molecule is COc1ccc(CCNC(=O)/C(C#N)=C/c2c(F)cccc2Cl)cc1OC. The summed E-state index contributed by atoms with van der Waals surface area (Å²) in [6.45, 7) is 0.290. The van der Waals surface area contributed by atoms with Gasteiger partial charge in [0, 0.05) is 12.1 Å². The van der Waals surface area contributed by atoms with Crippen LogP contribution in [-0.4, -0.2) is 26.7 Å². The number of rotatable bonds is 7. The van der Waals surface area contributed by atoms with Crippen molar-refractivity contribution in [1.29, 1.82) is 5.26 Å². The number of methoxy groups -OCH3 is 2. The summed E-state index contributed by atoms with van der Waals surface area (Å²) < 4.78 is 24.2. The summed E-state index contributed by atoms with van der Waals surface area (Å²) in [5, 5.41) is 12.0. The van der Waals surface area contributed by atoms with Gasteiger partial charge in [-0.25, -0.2) is 4.39 Å². The highest BCUT2D eigenvalue weighted by atomic mass is 35.5. The molecule has 0 unspecified atom stereocenters. The van der Waals surface area contributed by atoms with Gasteiger partial charge in [0.05, 0.1) is 19.2 Å². The standard InChI is InChI=1S/C20H18ClFN2O3/c1-26-18-7-6-13(10-19(18)27-2)8-9-24-20(25)14(12-23)11-15-16(21)4-3-5-17(15)22/h3-7,10-11H,8-9H2,1-2H3,(H,24,25)/b14-11+. The molecular weight excluding hydrogens is 371 g/mol. The van der Waals surface area contributed by atoms with Crippen LogP contribution >= 0.6 is 11.6 Å². The highest BCUT2D eigenvalue weighted by Crippen LogP contribution is 2.27. The third kappa shape index (κ3) is 5.22. The molecular formula is C20H18ClFN2O3. The molecule has 0 fully saturated rings. The molecule has 0 saturated heterocycles. The largest absolute Gasteiger partial charge is 0.493 e. The van der Waals surface area contributed by atoms with E-state index in [0.717, 1.165) is 11.6 Å². The summed E-state index contributed by atoms with van der Waals surface area (Å²) in [7, 11) is 3.09. The van der Waals surface area contributed by atoms with Crippen LogP contribution in [-0.2, 0) is 11.2 Å². The Hall–Kier alpha value is -3.04. The van der Waals surface area contributed by atoms with E-state index in [0.29, 0.717) is 24.5 Å². The van der Waals surface area contributed by atoms with Gasteiger partial charge < -0.3 is 14.8 Å². The summed E-state index contributed by atoms with van der Waals surface area (Å²) in [5.74, 6) is 0.000516. The number of halogens is 2. The van der Waals surface area contributed by atoms with Gasteiger partial charge in [-0.05, 0) is 42.3 Å². The predicted molar refractivity (Wildman–Crippen MR) is 101 cm³/mol. The predicted octanol–water partition coefficient (Wildman–Crippen LogP) is 3.76. The molecule has 2 aromatic rings. The van der Waals surface area contributed by atoms with Gasteiger partial charge >= 0.3 is 0 Å². The molecule has 0 spiro atoms. The number of nitriles is 1. The lowest BCUT2D eigenvalue weighted by Crippen LogP contribution is -2.26. The Bertz CT molecular complexity index is 886. The van der Waals surface area contributed by atoms with Gasteiger partial charge in [-0.15, -0.1) is 0 Å².